The third kappa shape index (κ3) is 2.12. The number of fused-ring (bicyclic) bond motifs is 1. The number of ether oxygens (including phenoxy) is 2. The molecular weight excluding hydrogens is 282 g/mol. The Bertz CT molecular complexity index is 796. The van der Waals surface area contributed by atoms with Crippen LogP contribution in [0.5, 0.6) is 0 Å². The molecule has 1 aliphatic rings. The van der Waals surface area contributed by atoms with Crippen LogP contribution < -0.4 is 0 Å². The van der Waals surface area contributed by atoms with Gasteiger partial charge < -0.3 is 13.9 Å². The Hall–Kier alpha value is -2.18. The van der Waals surface area contributed by atoms with E-state index >= 15 is 0 Å². The topological polar surface area (TPSA) is 62.3 Å². The first kappa shape index (κ1) is 13.5. The lowest BCUT2D eigenvalue weighted by molar-refractivity contribution is -0.197. The molecule has 22 heavy (non-hydrogen) atoms. The van der Waals surface area contributed by atoms with E-state index in [2.05, 4.69) is 29.1 Å². The molecule has 0 N–H and O–H groups in total. The van der Waals surface area contributed by atoms with Gasteiger partial charge in [-0.1, -0.05) is 17.7 Å². The Morgan fingerprint density at radius 2 is 2.32 bits per heavy atom. The quantitative estimate of drug-likeness (QED) is 0.744. The van der Waals surface area contributed by atoms with E-state index in [0.717, 1.165) is 10.8 Å². The summed E-state index contributed by atoms with van der Waals surface area (Å²) in [5.41, 5.74) is 1.19. The van der Waals surface area contributed by atoms with Crippen molar-refractivity contribution in [1.82, 2.24) is 14.8 Å². The van der Waals surface area contributed by atoms with Gasteiger partial charge in [-0.3, -0.25) is 0 Å². The normalized spacial score (nSPS) is 25.1. The number of hydrogen-bond acceptors (Lipinski definition) is 5. The summed E-state index contributed by atoms with van der Waals surface area (Å²) < 4.78 is 19.6. The number of benzene rings is 1. The fourth-order valence-corrected chi connectivity index (χ4v) is 2.91. The van der Waals surface area contributed by atoms with Crippen molar-refractivity contribution in [1.29, 1.82) is 0 Å². The van der Waals surface area contributed by atoms with Crippen molar-refractivity contribution in [3.8, 4) is 0 Å². The number of aryl methyl sites for hydroxylation is 1. The predicted octanol–water partition coefficient (Wildman–Crippen LogP) is 2.62. The van der Waals surface area contributed by atoms with Gasteiger partial charge in [0.25, 0.3) is 0 Å². The molecule has 1 fully saturated rings. The molecular formula is C16H17N3O3. The van der Waals surface area contributed by atoms with E-state index in [4.69, 9.17) is 13.9 Å². The predicted molar refractivity (Wildman–Crippen MR) is 79.2 cm³/mol. The highest BCUT2D eigenvalue weighted by molar-refractivity contribution is 5.85. The molecule has 0 radical (unpaired) electrons. The van der Waals surface area contributed by atoms with Crippen LogP contribution in [0.3, 0.4) is 0 Å². The second-order valence-electron chi connectivity index (χ2n) is 5.74. The third-order valence-electron chi connectivity index (χ3n) is 3.88. The lowest BCUT2D eigenvalue weighted by atomic mass is 10.1. The van der Waals surface area contributed by atoms with Crippen LogP contribution in [0.2, 0.25) is 0 Å². The van der Waals surface area contributed by atoms with Crippen LogP contribution in [-0.2, 0) is 21.8 Å². The van der Waals surface area contributed by atoms with Crippen molar-refractivity contribution >= 4 is 10.8 Å². The van der Waals surface area contributed by atoms with E-state index in [1.54, 1.807) is 17.3 Å². The summed E-state index contributed by atoms with van der Waals surface area (Å²) in [6.45, 7) is 4.96. The third-order valence-corrected chi connectivity index (χ3v) is 3.88. The van der Waals surface area contributed by atoms with Crippen LogP contribution in [0.4, 0.5) is 0 Å². The zero-order valence-electron chi connectivity index (χ0n) is 12.5. The summed E-state index contributed by atoms with van der Waals surface area (Å²) in [5, 5.41) is 6.20. The molecule has 2 aromatic heterocycles. The SMILES string of the molecule is Cc1ccc2c(C3(Cn4cncn4)OCC(C)O3)occ2c1. The van der Waals surface area contributed by atoms with Crippen LogP contribution in [0.1, 0.15) is 18.2 Å². The molecule has 114 valence electrons. The van der Waals surface area contributed by atoms with Gasteiger partial charge in [0.15, 0.2) is 5.76 Å². The second-order valence-corrected chi connectivity index (χ2v) is 5.74. The summed E-state index contributed by atoms with van der Waals surface area (Å²) >= 11 is 0. The van der Waals surface area contributed by atoms with Crippen molar-refractivity contribution in [2.45, 2.75) is 32.3 Å². The molecule has 6 heteroatoms. The van der Waals surface area contributed by atoms with Crippen LogP contribution in [0, 0.1) is 6.92 Å². The molecule has 1 saturated heterocycles. The van der Waals surface area contributed by atoms with Gasteiger partial charge in [0.05, 0.1) is 19.0 Å². The molecule has 2 atom stereocenters. The average molecular weight is 299 g/mol. The second kappa shape index (κ2) is 4.93. The first-order valence-corrected chi connectivity index (χ1v) is 7.29. The number of hydrogen-bond donors (Lipinski definition) is 0. The van der Waals surface area contributed by atoms with Gasteiger partial charge in [-0.2, -0.15) is 5.10 Å². The standard InChI is InChI=1S/C16H17N3O3/c1-11-3-4-14-13(5-11)7-20-15(14)16(21-6-12(2)22-16)8-19-10-17-9-18-19/h3-5,7,9-10,12H,6,8H2,1-2H3. The maximum Gasteiger partial charge on any atom is 0.249 e. The lowest BCUT2D eigenvalue weighted by Gasteiger charge is -2.25. The molecule has 0 spiro atoms. The summed E-state index contributed by atoms with van der Waals surface area (Å²) in [6.07, 6.45) is 4.88. The minimum Gasteiger partial charge on any atom is -0.462 e. The Balaban J connectivity index is 1.82. The molecule has 0 saturated carbocycles. The zero-order valence-corrected chi connectivity index (χ0v) is 12.5. The fraction of sp³-hybridized carbons (Fsp3) is 0.375. The molecule has 1 aliphatic heterocycles. The lowest BCUT2D eigenvalue weighted by Crippen LogP contribution is -2.33. The number of rotatable bonds is 3. The Morgan fingerprint density at radius 1 is 1.41 bits per heavy atom. The van der Waals surface area contributed by atoms with Crippen LogP contribution in [0.25, 0.3) is 10.8 Å². The van der Waals surface area contributed by atoms with Crippen LogP contribution in [-0.4, -0.2) is 27.5 Å². The summed E-state index contributed by atoms with van der Waals surface area (Å²) in [5.74, 6) is -0.285. The van der Waals surface area contributed by atoms with Gasteiger partial charge in [0.2, 0.25) is 5.79 Å². The number of nitrogens with zero attached hydrogens (tertiary/aromatic N) is 3. The van der Waals surface area contributed by atoms with E-state index in [-0.39, 0.29) is 6.10 Å². The van der Waals surface area contributed by atoms with E-state index in [0.29, 0.717) is 18.9 Å². The van der Waals surface area contributed by atoms with Gasteiger partial charge in [-0.05, 0) is 19.9 Å². The number of aromatic nitrogens is 3. The van der Waals surface area contributed by atoms with Gasteiger partial charge in [0, 0.05) is 10.8 Å². The highest BCUT2D eigenvalue weighted by Gasteiger charge is 2.46. The van der Waals surface area contributed by atoms with Gasteiger partial charge in [-0.25, -0.2) is 9.67 Å². The van der Waals surface area contributed by atoms with Crippen LogP contribution >= 0.6 is 0 Å². The van der Waals surface area contributed by atoms with Gasteiger partial charge >= 0.3 is 0 Å². The highest BCUT2D eigenvalue weighted by Crippen LogP contribution is 2.40. The van der Waals surface area contributed by atoms with Crippen molar-refractivity contribution in [3.05, 3.63) is 48.4 Å². The molecule has 6 nitrogen and oxygen atoms in total. The molecule has 2 unspecified atom stereocenters. The zero-order chi connectivity index (χ0) is 15.2. The Kier molecular flexibility index (Phi) is 3.02. The minimum atomic E-state index is -0.968. The maximum atomic E-state index is 6.10. The smallest absolute Gasteiger partial charge is 0.249 e. The maximum absolute atomic E-state index is 6.10. The van der Waals surface area contributed by atoms with Crippen molar-refractivity contribution < 1.29 is 13.9 Å². The number of furan rings is 1. The van der Waals surface area contributed by atoms with E-state index in [1.165, 1.54) is 11.9 Å². The van der Waals surface area contributed by atoms with Crippen LogP contribution in [0.15, 0.2) is 41.5 Å². The summed E-state index contributed by atoms with van der Waals surface area (Å²) in [7, 11) is 0. The largest absolute Gasteiger partial charge is 0.462 e. The first-order valence-electron chi connectivity index (χ1n) is 7.29. The van der Waals surface area contributed by atoms with Gasteiger partial charge in [0.1, 0.15) is 19.2 Å². The molecule has 0 bridgehead atoms. The molecule has 3 heterocycles. The van der Waals surface area contributed by atoms with E-state index in [1.807, 2.05) is 13.0 Å². The monoisotopic (exact) mass is 299 g/mol. The minimum absolute atomic E-state index is 0.00544. The highest BCUT2D eigenvalue weighted by atomic mass is 16.8. The molecule has 0 amide bonds. The average Bonchev–Trinajstić information content (AvgIpc) is 3.19. The Morgan fingerprint density at radius 3 is 3.05 bits per heavy atom. The van der Waals surface area contributed by atoms with Gasteiger partial charge in [-0.15, -0.1) is 0 Å². The van der Waals surface area contributed by atoms with Crippen molar-refractivity contribution in [2.75, 3.05) is 6.61 Å². The Labute approximate surface area is 127 Å². The molecule has 0 aliphatic carbocycles. The molecule has 3 aromatic rings. The fourth-order valence-electron chi connectivity index (χ4n) is 2.91. The molecule has 1 aromatic carbocycles. The molecule has 4 rings (SSSR count). The van der Waals surface area contributed by atoms with Crippen molar-refractivity contribution in [3.63, 3.8) is 0 Å². The first-order chi connectivity index (χ1) is 10.7. The summed E-state index contributed by atoms with van der Waals surface area (Å²) in [4.78, 5) is 3.98. The summed E-state index contributed by atoms with van der Waals surface area (Å²) in [6, 6.07) is 6.19. The van der Waals surface area contributed by atoms with E-state index in [9.17, 15) is 0 Å². The van der Waals surface area contributed by atoms with E-state index < -0.39 is 5.79 Å². The van der Waals surface area contributed by atoms with Crippen molar-refractivity contribution in [2.24, 2.45) is 0 Å².